The first-order chi connectivity index (χ1) is 9.63. The van der Waals surface area contributed by atoms with Crippen LogP contribution in [0.5, 0.6) is 0 Å². The molecule has 1 aromatic carbocycles. The smallest absolute Gasteiger partial charge is 0.240 e. The minimum atomic E-state index is -0.474. The van der Waals surface area contributed by atoms with Crippen molar-refractivity contribution in [1.29, 1.82) is 0 Å². The fraction of sp³-hybridized carbons (Fsp3) is 0.562. The Labute approximate surface area is 120 Å². The molecule has 0 spiro atoms. The highest BCUT2D eigenvalue weighted by Gasteiger charge is 2.28. The number of nitrogens with zero attached hydrogens (tertiary/aromatic N) is 1. The van der Waals surface area contributed by atoms with Crippen LogP contribution in [-0.2, 0) is 17.9 Å². The van der Waals surface area contributed by atoms with Crippen LogP contribution in [0.4, 0.5) is 5.69 Å². The molecule has 3 N–H and O–H groups in total. The number of rotatable bonds is 3. The van der Waals surface area contributed by atoms with Crippen LogP contribution in [-0.4, -0.2) is 22.9 Å². The molecule has 1 atom stereocenters. The van der Waals surface area contributed by atoms with Crippen molar-refractivity contribution >= 4 is 11.6 Å². The normalized spacial score (nSPS) is 20.9. The van der Waals surface area contributed by atoms with E-state index in [9.17, 15) is 4.79 Å². The van der Waals surface area contributed by atoms with Crippen LogP contribution in [0, 0.1) is 0 Å². The number of hydrogen-bond donors (Lipinski definition) is 2. The van der Waals surface area contributed by atoms with Gasteiger partial charge in [-0.15, -0.1) is 0 Å². The number of hydrogen-bond acceptors (Lipinski definition) is 3. The predicted octanol–water partition coefficient (Wildman–Crippen LogP) is 2.23. The van der Waals surface area contributed by atoms with Crippen molar-refractivity contribution in [3.63, 3.8) is 0 Å². The Kier molecular flexibility index (Phi) is 3.76. The zero-order chi connectivity index (χ0) is 14.1. The molecule has 2 aliphatic rings. The summed E-state index contributed by atoms with van der Waals surface area (Å²) >= 11 is 0. The molecule has 1 saturated carbocycles. The lowest BCUT2D eigenvalue weighted by Gasteiger charge is -2.22. The summed E-state index contributed by atoms with van der Waals surface area (Å²) in [5.41, 5.74) is 9.19. The van der Waals surface area contributed by atoms with E-state index in [0.717, 1.165) is 24.8 Å². The summed E-state index contributed by atoms with van der Waals surface area (Å²) in [5.74, 6) is -0.129. The molecule has 1 aliphatic carbocycles. The Morgan fingerprint density at radius 2 is 2.00 bits per heavy atom. The number of amides is 1. The van der Waals surface area contributed by atoms with Crippen LogP contribution in [0.2, 0.25) is 0 Å². The third kappa shape index (κ3) is 2.72. The van der Waals surface area contributed by atoms with Gasteiger partial charge in [-0.2, -0.15) is 0 Å². The second kappa shape index (κ2) is 5.54. The van der Waals surface area contributed by atoms with Crippen LogP contribution in [0.25, 0.3) is 0 Å². The molecule has 4 nitrogen and oxygen atoms in total. The standard InChI is InChI=1S/C16H23N3O/c1-11(17)16(20)18-14-7-6-12-9-19(10-13(12)8-14)15-4-2-3-5-15/h6-8,11,15H,2-5,9-10,17H2,1H3,(H,18,20). The molecule has 108 valence electrons. The Morgan fingerprint density at radius 1 is 1.30 bits per heavy atom. The molecular weight excluding hydrogens is 250 g/mol. The molecule has 1 unspecified atom stereocenters. The molecule has 20 heavy (non-hydrogen) atoms. The van der Waals surface area contributed by atoms with Crippen LogP contribution in [0.3, 0.4) is 0 Å². The highest BCUT2D eigenvalue weighted by molar-refractivity contribution is 5.94. The maximum Gasteiger partial charge on any atom is 0.240 e. The van der Waals surface area contributed by atoms with Gasteiger partial charge < -0.3 is 11.1 Å². The summed E-state index contributed by atoms with van der Waals surface area (Å²) in [6.45, 7) is 3.77. The number of fused-ring (bicyclic) bond motifs is 1. The van der Waals surface area contributed by atoms with Crippen molar-refractivity contribution in [3.8, 4) is 0 Å². The number of anilines is 1. The van der Waals surface area contributed by atoms with E-state index in [4.69, 9.17) is 5.73 Å². The third-order valence-corrected chi connectivity index (χ3v) is 4.48. The number of carbonyl (C=O) groups excluding carboxylic acids is 1. The number of nitrogens with two attached hydrogens (primary N) is 1. The zero-order valence-electron chi connectivity index (χ0n) is 12.1. The Bertz CT molecular complexity index is 506. The second-order valence-corrected chi connectivity index (χ2v) is 6.10. The molecular formula is C16H23N3O. The van der Waals surface area contributed by atoms with E-state index in [2.05, 4.69) is 22.3 Å². The van der Waals surface area contributed by atoms with Gasteiger partial charge >= 0.3 is 0 Å². The van der Waals surface area contributed by atoms with Crippen LogP contribution in [0.15, 0.2) is 18.2 Å². The molecule has 0 aromatic heterocycles. The van der Waals surface area contributed by atoms with Gasteiger partial charge in [0.1, 0.15) is 0 Å². The van der Waals surface area contributed by atoms with Gasteiger partial charge in [0.25, 0.3) is 0 Å². The van der Waals surface area contributed by atoms with E-state index < -0.39 is 6.04 Å². The van der Waals surface area contributed by atoms with E-state index in [1.54, 1.807) is 6.92 Å². The van der Waals surface area contributed by atoms with Gasteiger partial charge in [0.05, 0.1) is 6.04 Å². The Balaban J connectivity index is 1.69. The van der Waals surface area contributed by atoms with Gasteiger partial charge in [-0.05, 0) is 43.0 Å². The first kappa shape index (κ1) is 13.6. The second-order valence-electron chi connectivity index (χ2n) is 6.10. The topological polar surface area (TPSA) is 58.4 Å². The van der Waals surface area contributed by atoms with Gasteiger partial charge in [-0.25, -0.2) is 0 Å². The van der Waals surface area contributed by atoms with Crippen molar-refractivity contribution in [3.05, 3.63) is 29.3 Å². The van der Waals surface area contributed by atoms with Crippen LogP contribution in [0.1, 0.15) is 43.7 Å². The first-order valence-electron chi connectivity index (χ1n) is 7.56. The van der Waals surface area contributed by atoms with Crippen molar-refractivity contribution < 1.29 is 4.79 Å². The summed E-state index contributed by atoms with van der Waals surface area (Å²) in [6.07, 6.45) is 5.41. The van der Waals surface area contributed by atoms with Gasteiger partial charge in [0.15, 0.2) is 0 Å². The molecule has 0 bridgehead atoms. The highest BCUT2D eigenvalue weighted by atomic mass is 16.2. The van der Waals surface area contributed by atoms with Gasteiger partial charge in [0, 0.05) is 24.8 Å². The van der Waals surface area contributed by atoms with E-state index in [0.29, 0.717) is 0 Å². The van der Waals surface area contributed by atoms with Gasteiger partial charge in [0.2, 0.25) is 5.91 Å². The van der Waals surface area contributed by atoms with Crippen LogP contribution >= 0.6 is 0 Å². The van der Waals surface area contributed by atoms with E-state index in [1.165, 1.54) is 36.8 Å². The molecule has 1 amide bonds. The average molecular weight is 273 g/mol. The van der Waals surface area contributed by atoms with Crippen molar-refractivity contribution in [1.82, 2.24) is 4.90 Å². The number of carbonyl (C=O) groups is 1. The fourth-order valence-corrected chi connectivity index (χ4v) is 3.28. The third-order valence-electron chi connectivity index (χ3n) is 4.48. The lowest BCUT2D eigenvalue weighted by molar-refractivity contribution is -0.117. The average Bonchev–Trinajstić information content (AvgIpc) is 3.06. The Morgan fingerprint density at radius 3 is 2.70 bits per heavy atom. The fourth-order valence-electron chi connectivity index (χ4n) is 3.28. The maximum atomic E-state index is 11.6. The number of benzene rings is 1. The summed E-state index contributed by atoms with van der Waals surface area (Å²) in [7, 11) is 0. The van der Waals surface area contributed by atoms with E-state index in [1.807, 2.05) is 6.07 Å². The van der Waals surface area contributed by atoms with Crippen molar-refractivity contribution in [2.24, 2.45) is 5.73 Å². The predicted molar refractivity (Wildman–Crippen MR) is 80.2 cm³/mol. The largest absolute Gasteiger partial charge is 0.325 e. The minimum absolute atomic E-state index is 0.129. The summed E-state index contributed by atoms with van der Waals surface area (Å²) in [4.78, 5) is 14.2. The molecule has 1 aromatic rings. The molecule has 1 heterocycles. The highest BCUT2D eigenvalue weighted by Crippen LogP contribution is 2.32. The van der Waals surface area contributed by atoms with E-state index >= 15 is 0 Å². The van der Waals surface area contributed by atoms with Gasteiger partial charge in [-0.3, -0.25) is 9.69 Å². The summed E-state index contributed by atoms with van der Waals surface area (Å²) < 4.78 is 0. The first-order valence-corrected chi connectivity index (χ1v) is 7.56. The van der Waals surface area contributed by atoms with Crippen molar-refractivity contribution in [2.45, 2.75) is 57.8 Å². The van der Waals surface area contributed by atoms with Gasteiger partial charge in [-0.1, -0.05) is 18.9 Å². The van der Waals surface area contributed by atoms with E-state index in [-0.39, 0.29) is 5.91 Å². The summed E-state index contributed by atoms with van der Waals surface area (Å²) in [5, 5.41) is 2.87. The monoisotopic (exact) mass is 273 g/mol. The molecule has 0 radical (unpaired) electrons. The Hall–Kier alpha value is -1.39. The van der Waals surface area contributed by atoms with Crippen molar-refractivity contribution in [2.75, 3.05) is 5.32 Å². The molecule has 3 rings (SSSR count). The molecule has 1 aliphatic heterocycles. The zero-order valence-corrected chi connectivity index (χ0v) is 12.1. The molecule has 1 fully saturated rings. The quantitative estimate of drug-likeness (QED) is 0.888. The number of nitrogens with one attached hydrogen (secondary N) is 1. The SMILES string of the molecule is CC(N)C(=O)Nc1ccc2c(c1)CN(C1CCCC1)C2. The molecule has 4 heteroatoms. The summed E-state index contributed by atoms with van der Waals surface area (Å²) in [6, 6.07) is 6.51. The minimum Gasteiger partial charge on any atom is -0.325 e. The maximum absolute atomic E-state index is 11.6. The lowest BCUT2D eigenvalue weighted by Crippen LogP contribution is -2.32. The molecule has 0 saturated heterocycles. The van der Waals surface area contributed by atoms with Crippen LogP contribution < -0.4 is 11.1 Å². The lowest BCUT2D eigenvalue weighted by atomic mass is 10.1.